The Hall–Kier alpha value is -1.86. The Morgan fingerprint density at radius 3 is 2.70 bits per heavy atom. The number of amides is 1. The molecule has 1 aliphatic heterocycles. The lowest BCUT2D eigenvalue weighted by Gasteiger charge is -2.34. The minimum atomic E-state index is -4.58. The van der Waals surface area contributed by atoms with Crippen molar-refractivity contribution in [2.24, 2.45) is 0 Å². The minimum Gasteiger partial charge on any atom is -0.368 e. The molecule has 2 N–H and O–H groups in total. The summed E-state index contributed by atoms with van der Waals surface area (Å²) < 4.78 is 38.2. The number of nitrogens with zero attached hydrogens (tertiary/aromatic N) is 3. The number of anilines is 1. The van der Waals surface area contributed by atoms with Crippen LogP contribution in [-0.4, -0.2) is 27.3 Å². The highest BCUT2D eigenvalue weighted by Gasteiger charge is 2.35. The summed E-state index contributed by atoms with van der Waals surface area (Å²) in [5.41, 5.74) is 4.44. The summed E-state index contributed by atoms with van der Waals surface area (Å²) in [6.45, 7) is 1.92. The summed E-state index contributed by atoms with van der Waals surface area (Å²) in [7, 11) is 0. The lowest BCUT2D eigenvalue weighted by Crippen LogP contribution is -2.37. The van der Waals surface area contributed by atoms with Crippen molar-refractivity contribution in [3.05, 3.63) is 17.5 Å². The average Bonchev–Trinajstić information content (AvgIpc) is 2.37. The first-order valence-electron chi connectivity index (χ1n) is 6.28. The van der Waals surface area contributed by atoms with Gasteiger partial charge in [0.15, 0.2) is 0 Å². The molecule has 1 aromatic heterocycles. The molecule has 1 aromatic rings. The number of hydrogen-bond donors (Lipinski definition) is 1. The fourth-order valence-corrected chi connectivity index (χ4v) is 2.42. The van der Waals surface area contributed by atoms with Crippen LogP contribution < -0.4 is 5.73 Å². The number of hydrogen-bond acceptors (Lipinski definition) is 4. The molecule has 2 rings (SSSR count). The molecule has 0 aliphatic carbocycles. The van der Waals surface area contributed by atoms with Gasteiger partial charge in [-0.1, -0.05) is 0 Å². The van der Waals surface area contributed by atoms with Gasteiger partial charge in [0.25, 0.3) is 0 Å². The van der Waals surface area contributed by atoms with Crippen LogP contribution in [0.4, 0.5) is 19.1 Å². The van der Waals surface area contributed by atoms with E-state index >= 15 is 0 Å². The van der Waals surface area contributed by atoms with E-state index in [4.69, 9.17) is 5.73 Å². The Bertz CT molecular complexity index is 518. The molecule has 8 heteroatoms. The molecular formula is C12H15F3N4O. The fourth-order valence-electron chi connectivity index (χ4n) is 2.42. The van der Waals surface area contributed by atoms with Gasteiger partial charge in [0.1, 0.15) is 5.69 Å². The lowest BCUT2D eigenvalue weighted by molar-refractivity contribution is -0.141. The van der Waals surface area contributed by atoms with E-state index in [1.165, 1.54) is 11.8 Å². The van der Waals surface area contributed by atoms with Gasteiger partial charge in [-0.25, -0.2) is 9.97 Å². The molecule has 5 nitrogen and oxygen atoms in total. The first-order valence-corrected chi connectivity index (χ1v) is 6.28. The smallest absolute Gasteiger partial charge is 0.368 e. The third-order valence-corrected chi connectivity index (χ3v) is 3.30. The van der Waals surface area contributed by atoms with E-state index in [-0.39, 0.29) is 11.6 Å². The highest BCUT2D eigenvalue weighted by atomic mass is 19.4. The number of likely N-dealkylation sites (tertiary alicyclic amines) is 1. The molecule has 0 spiro atoms. The van der Waals surface area contributed by atoms with E-state index < -0.39 is 23.9 Å². The normalized spacial score (nSPS) is 20.0. The molecular weight excluding hydrogens is 273 g/mol. The quantitative estimate of drug-likeness (QED) is 0.859. The largest absolute Gasteiger partial charge is 0.433 e. The third-order valence-electron chi connectivity index (χ3n) is 3.30. The number of carbonyl (C=O) groups is 1. The van der Waals surface area contributed by atoms with Crippen LogP contribution in [0.3, 0.4) is 0 Å². The number of alkyl halides is 3. The first-order chi connectivity index (χ1) is 9.29. The van der Waals surface area contributed by atoms with Crippen molar-refractivity contribution in [3.63, 3.8) is 0 Å². The van der Waals surface area contributed by atoms with Crippen LogP contribution in [0.25, 0.3) is 0 Å². The van der Waals surface area contributed by atoms with Crippen LogP contribution >= 0.6 is 0 Å². The van der Waals surface area contributed by atoms with Crippen LogP contribution in [0.5, 0.6) is 0 Å². The highest BCUT2D eigenvalue weighted by molar-refractivity contribution is 5.73. The summed E-state index contributed by atoms with van der Waals surface area (Å²) in [6.07, 6.45) is -2.34. The van der Waals surface area contributed by atoms with Crippen molar-refractivity contribution in [1.29, 1.82) is 0 Å². The summed E-state index contributed by atoms with van der Waals surface area (Å²) >= 11 is 0. The monoisotopic (exact) mass is 288 g/mol. The second-order valence-corrected chi connectivity index (χ2v) is 4.76. The topological polar surface area (TPSA) is 72.1 Å². The van der Waals surface area contributed by atoms with E-state index in [0.717, 1.165) is 18.9 Å². The number of rotatable bonds is 1. The van der Waals surface area contributed by atoms with Crippen molar-refractivity contribution in [3.8, 4) is 0 Å². The Kier molecular flexibility index (Phi) is 3.82. The van der Waals surface area contributed by atoms with E-state index in [2.05, 4.69) is 9.97 Å². The molecule has 1 amide bonds. The average molecular weight is 288 g/mol. The molecule has 110 valence electrons. The Morgan fingerprint density at radius 2 is 2.10 bits per heavy atom. The van der Waals surface area contributed by atoms with E-state index in [1.807, 2.05) is 0 Å². The summed E-state index contributed by atoms with van der Waals surface area (Å²) in [5, 5.41) is 0. The molecule has 0 bridgehead atoms. The molecule has 0 radical (unpaired) electrons. The van der Waals surface area contributed by atoms with Crippen molar-refractivity contribution in [1.82, 2.24) is 14.9 Å². The van der Waals surface area contributed by atoms with E-state index in [0.29, 0.717) is 13.0 Å². The van der Waals surface area contributed by atoms with Crippen molar-refractivity contribution in [2.75, 3.05) is 12.3 Å². The zero-order chi connectivity index (χ0) is 14.9. The van der Waals surface area contributed by atoms with Gasteiger partial charge in [-0.3, -0.25) is 4.79 Å². The third kappa shape index (κ3) is 3.00. The van der Waals surface area contributed by atoms with E-state index in [9.17, 15) is 18.0 Å². The summed E-state index contributed by atoms with van der Waals surface area (Å²) in [5.74, 6) is -0.607. The molecule has 2 heterocycles. The van der Waals surface area contributed by atoms with Crippen LogP contribution in [0, 0.1) is 0 Å². The molecule has 0 saturated carbocycles. The summed E-state index contributed by atoms with van der Waals surface area (Å²) in [6, 6.07) is 0.412. The maximum Gasteiger partial charge on any atom is 0.433 e. The number of piperidine rings is 1. The molecule has 1 atom stereocenters. The van der Waals surface area contributed by atoms with Gasteiger partial charge in [0, 0.05) is 13.5 Å². The number of aromatic nitrogens is 2. The Balaban J connectivity index is 2.40. The van der Waals surface area contributed by atoms with E-state index in [1.54, 1.807) is 0 Å². The molecule has 1 saturated heterocycles. The second-order valence-electron chi connectivity index (χ2n) is 4.76. The predicted molar refractivity (Wildman–Crippen MR) is 65.4 cm³/mol. The van der Waals surface area contributed by atoms with Crippen LogP contribution in [0.15, 0.2) is 6.07 Å². The van der Waals surface area contributed by atoms with Gasteiger partial charge in [-0.2, -0.15) is 13.2 Å². The second kappa shape index (κ2) is 5.26. The van der Waals surface area contributed by atoms with Crippen LogP contribution in [-0.2, 0) is 11.0 Å². The number of halogens is 3. The fraction of sp³-hybridized carbons (Fsp3) is 0.583. The standard InChI is InChI=1S/C12H15F3N4O/c1-7(20)19-5-3-2-4-9(19)8-6-10(12(13,14)15)18-11(16)17-8/h6,9H,2-5H2,1H3,(H2,16,17,18)/t9-/m1/s1. The molecule has 1 fully saturated rings. The van der Waals surface area contributed by atoms with Crippen LogP contribution in [0.1, 0.15) is 43.6 Å². The number of nitrogen functional groups attached to an aromatic ring is 1. The zero-order valence-corrected chi connectivity index (χ0v) is 10.9. The first kappa shape index (κ1) is 14.5. The number of carbonyl (C=O) groups excluding carboxylic acids is 1. The van der Waals surface area contributed by atoms with Crippen molar-refractivity contribution < 1.29 is 18.0 Å². The SMILES string of the molecule is CC(=O)N1CCCC[C@@H]1c1cc(C(F)(F)F)nc(N)n1. The summed E-state index contributed by atoms with van der Waals surface area (Å²) in [4.78, 5) is 20.2. The predicted octanol–water partition coefficient (Wildman–Crippen LogP) is 2.15. The maximum absolute atomic E-state index is 12.7. The minimum absolute atomic E-state index is 0.153. The van der Waals surface area contributed by atoms with Gasteiger partial charge in [-0.15, -0.1) is 0 Å². The van der Waals surface area contributed by atoms with Crippen LogP contribution in [0.2, 0.25) is 0 Å². The van der Waals surface area contributed by atoms with Gasteiger partial charge in [0.05, 0.1) is 11.7 Å². The maximum atomic E-state index is 12.7. The molecule has 1 aliphatic rings. The number of nitrogens with two attached hydrogens (primary N) is 1. The van der Waals surface area contributed by atoms with Crippen molar-refractivity contribution >= 4 is 11.9 Å². The zero-order valence-electron chi connectivity index (χ0n) is 10.9. The van der Waals surface area contributed by atoms with Gasteiger partial charge >= 0.3 is 6.18 Å². The van der Waals surface area contributed by atoms with Crippen molar-refractivity contribution in [2.45, 2.75) is 38.4 Å². The van der Waals surface area contributed by atoms with Gasteiger partial charge in [-0.05, 0) is 25.3 Å². The highest BCUT2D eigenvalue weighted by Crippen LogP contribution is 2.34. The molecule has 0 unspecified atom stereocenters. The Morgan fingerprint density at radius 1 is 1.40 bits per heavy atom. The Labute approximate surface area is 114 Å². The van der Waals surface area contributed by atoms with Gasteiger partial charge in [0.2, 0.25) is 11.9 Å². The molecule has 20 heavy (non-hydrogen) atoms. The molecule has 0 aromatic carbocycles. The lowest BCUT2D eigenvalue weighted by atomic mass is 9.98. The van der Waals surface area contributed by atoms with Gasteiger partial charge < -0.3 is 10.6 Å².